The Labute approximate surface area is 156 Å². The fourth-order valence-electron chi connectivity index (χ4n) is 6.11. The van der Waals surface area contributed by atoms with Crippen LogP contribution in [0.5, 0.6) is 0 Å². The molecule has 2 heterocycles. The van der Waals surface area contributed by atoms with Gasteiger partial charge in [0.25, 0.3) is 0 Å². The third kappa shape index (κ3) is 2.37. The lowest BCUT2D eigenvalue weighted by atomic mass is 9.52. The van der Waals surface area contributed by atoms with Gasteiger partial charge in [0.2, 0.25) is 0 Å². The summed E-state index contributed by atoms with van der Waals surface area (Å²) < 4.78 is 11.3. The van der Waals surface area contributed by atoms with E-state index in [1.165, 1.54) is 19.8 Å². The zero-order valence-corrected chi connectivity index (χ0v) is 16.7. The van der Waals surface area contributed by atoms with Crippen molar-refractivity contribution in [2.75, 3.05) is 6.61 Å². The molecule has 4 rings (SSSR count). The number of allylic oxidation sites excluding steroid dienone is 2. The van der Waals surface area contributed by atoms with Crippen molar-refractivity contribution in [2.24, 2.45) is 22.7 Å². The highest BCUT2D eigenvalue weighted by Gasteiger charge is 2.65. The summed E-state index contributed by atoms with van der Waals surface area (Å²) in [5.74, 6) is -0.667. The molecule has 2 fully saturated rings. The van der Waals surface area contributed by atoms with Crippen LogP contribution in [0.25, 0.3) is 0 Å². The molecule has 144 valence electrons. The molecule has 0 amide bonds. The molecule has 4 nitrogen and oxygen atoms in total. The first-order chi connectivity index (χ1) is 12.1. The lowest BCUT2D eigenvalue weighted by Crippen LogP contribution is -2.58. The Balaban J connectivity index is 1.74. The number of rotatable bonds is 3. The SMILES string of the molecule is CC(=O)OCC1=C[C@]2(O)O[C@@H]1C[C@@H]1C3=C(C(C)C)CC[C@]3(C)CC[C@]12C. The summed E-state index contributed by atoms with van der Waals surface area (Å²) in [6, 6.07) is 0. The number of esters is 1. The van der Waals surface area contributed by atoms with Gasteiger partial charge < -0.3 is 14.6 Å². The first kappa shape index (κ1) is 18.2. The van der Waals surface area contributed by atoms with E-state index in [0.29, 0.717) is 11.8 Å². The van der Waals surface area contributed by atoms with E-state index in [-0.39, 0.29) is 29.5 Å². The van der Waals surface area contributed by atoms with Crippen LogP contribution in [-0.4, -0.2) is 29.6 Å². The normalized spacial score (nSPS) is 44.0. The van der Waals surface area contributed by atoms with Crippen LogP contribution in [0.2, 0.25) is 0 Å². The Bertz CT molecular complexity index is 705. The first-order valence-electron chi connectivity index (χ1n) is 10.1. The van der Waals surface area contributed by atoms with Crippen LogP contribution in [0.4, 0.5) is 0 Å². The van der Waals surface area contributed by atoms with Crippen LogP contribution in [0.15, 0.2) is 22.8 Å². The number of ether oxygens (including phenoxy) is 2. The monoisotopic (exact) mass is 360 g/mol. The van der Waals surface area contributed by atoms with E-state index >= 15 is 0 Å². The van der Waals surface area contributed by atoms with Crippen LogP contribution >= 0.6 is 0 Å². The fourth-order valence-corrected chi connectivity index (χ4v) is 6.11. The number of carbonyl (C=O) groups excluding carboxylic acids is 1. The molecule has 0 aromatic carbocycles. The molecule has 1 saturated carbocycles. The summed E-state index contributed by atoms with van der Waals surface area (Å²) in [7, 11) is 0. The Morgan fingerprint density at radius 2 is 2.08 bits per heavy atom. The van der Waals surface area contributed by atoms with Gasteiger partial charge >= 0.3 is 5.97 Å². The van der Waals surface area contributed by atoms with Gasteiger partial charge in [-0.1, -0.05) is 38.8 Å². The third-order valence-corrected chi connectivity index (χ3v) is 7.78. The topological polar surface area (TPSA) is 55.8 Å². The molecule has 26 heavy (non-hydrogen) atoms. The van der Waals surface area contributed by atoms with E-state index in [2.05, 4.69) is 27.7 Å². The summed E-state index contributed by atoms with van der Waals surface area (Å²) >= 11 is 0. The van der Waals surface area contributed by atoms with Crippen molar-refractivity contribution in [3.05, 3.63) is 22.8 Å². The molecule has 0 unspecified atom stereocenters. The average molecular weight is 360 g/mol. The number of carbonyl (C=O) groups is 1. The van der Waals surface area contributed by atoms with E-state index in [4.69, 9.17) is 9.47 Å². The predicted molar refractivity (Wildman–Crippen MR) is 99.2 cm³/mol. The smallest absolute Gasteiger partial charge is 0.302 e. The molecule has 0 radical (unpaired) electrons. The van der Waals surface area contributed by atoms with Gasteiger partial charge in [0.05, 0.1) is 6.10 Å². The zero-order chi connectivity index (χ0) is 18.9. The molecule has 2 aliphatic carbocycles. The van der Waals surface area contributed by atoms with Crippen molar-refractivity contribution in [1.29, 1.82) is 0 Å². The van der Waals surface area contributed by atoms with Gasteiger partial charge in [0.15, 0.2) is 5.79 Å². The van der Waals surface area contributed by atoms with Crippen LogP contribution in [0.1, 0.15) is 66.7 Å². The maximum Gasteiger partial charge on any atom is 0.302 e. The van der Waals surface area contributed by atoms with Gasteiger partial charge in [-0.15, -0.1) is 0 Å². The number of hydrogen-bond donors (Lipinski definition) is 1. The Morgan fingerprint density at radius 1 is 1.35 bits per heavy atom. The molecule has 4 heteroatoms. The summed E-state index contributed by atoms with van der Waals surface area (Å²) in [5.41, 5.74) is 4.09. The minimum Gasteiger partial charge on any atom is -0.461 e. The second-order valence-corrected chi connectivity index (χ2v) is 9.66. The van der Waals surface area contributed by atoms with E-state index in [1.807, 2.05) is 6.08 Å². The van der Waals surface area contributed by atoms with Crippen LogP contribution in [0, 0.1) is 22.7 Å². The summed E-state index contributed by atoms with van der Waals surface area (Å²) in [5, 5.41) is 11.5. The maximum atomic E-state index is 11.5. The zero-order valence-electron chi connectivity index (χ0n) is 16.7. The number of aliphatic hydroxyl groups is 1. The molecule has 1 N–H and O–H groups in total. The van der Waals surface area contributed by atoms with Gasteiger partial charge in [-0.25, -0.2) is 0 Å². The molecule has 4 aliphatic rings. The number of fused-ring (bicyclic) bond motifs is 6. The first-order valence-corrected chi connectivity index (χ1v) is 10.1. The van der Waals surface area contributed by atoms with Gasteiger partial charge in [0.1, 0.15) is 6.61 Å². The van der Waals surface area contributed by atoms with E-state index in [0.717, 1.165) is 24.8 Å². The van der Waals surface area contributed by atoms with E-state index in [1.54, 1.807) is 11.1 Å². The van der Waals surface area contributed by atoms with Gasteiger partial charge in [-0.3, -0.25) is 4.79 Å². The lowest BCUT2D eigenvalue weighted by molar-refractivity contribution is -0.288. The largest absolute Gasteiger partial charge is 0.461 e. The second kappa shape index (κ2) is 5.68. The van der Waals surface area contributed by atoms with Crippen LogP contribution < -0.4 is 0 Å². The highest BCUT2D eigenvalue weighted by atomic mass is 16.6. The van der Waals surface area contributed by atoms with Crippen molar-refractivity contribution < 1.29 is 19.4 Å². The molecule has 1 saturated heterocycles. The summed E-state index contributed by atoms with van der Waals surface area (Å²) in [4.78, 5) is 11.2. The highest BCUT2D eigenvalue weighted by molar-refractivity contribution is 5.66. The second-order valence-electron chi connectivity index (χ2n) is 9.66. The van der Waals surface area contributed by atoms with Crippen molar-refractivity contribution in [2.45, 2.75) is 78.6 Å². The Hall–Kier alpha value is -1.13. The maximum absolute atomic E-state index is 11.5. The summed E-state index contributed by atoms with van der Waals surface area (Å²) in [6.45, 7) is 10.9. The average Bonchev–Trinajstić information content (AvgIpc) is 3.05. The molecule has 2 aliphatic heterocycles. The van der Waals surface area contributed by atoms with E-state index < -0.39 is 5.79 Å². The standard InChI is InChI=1S/C22H32O4/c1-13(2)16-6-7-20(4)8-9-21(5)17(19(16)20)10-18-15(12-25-14(3)23)11-22(21,24)26-18/h11,13,17-18,24H,6-10,12H2,1-5H3/t17-,18-,20-,21-,22+/m1/s1. The number of hydrogen-bond acceptors (Lipinski definition) is 4. The van der Waals surface area contributed by atoms with Crippen molar-refractivity contribution >= 4 is 5.97 Å². The molecular weight excluding hydrogens is 328 g/mol. The molecule has 5 atom stereocenters. The van der Waals surface area contributed by atoms with Gasteiger partial charge in [-0.05, 0) is 61.0 Å². The third-order valence-electron chi connectivity index (χ3n) is 7.78. The lowest BCUT2D eigenvalue weighted by Gasteiger charge is -2.57. The fraction of sp³-hybridized carbons (Fsp3) is 0.773. The molecule has 0 aromatic rings. The minimum absolute atomic E-state index is 0.152. The molecule has 2 bridgehead atoms. The molecular formula is C22H32O4. The van der Waals surface area contributed by atoms with Crippen LogP contribution in [0.3, 0.4) is 0 Å². The minimum atomic E-state index is -1.25. The van der Waals surface area contributed by atoms with Gasteiger partial charge in [0, 0.05) is 12.3 Å². The summed E-state index contributed by atoms with van der Waals surface area (Å²) in [6.07, 6.45) is 7.08. The molecule has 0 spiro atoms. The Kier molecular flexibility index (Phi) is 3.99. The predicted octanol–water partition coefficient (Wildman–Crippen LogP) is 4.14. The highest BCUT2D eigenvalue weighted by Crippen LogP contribution is 2.67. The van der Waals surface area contributed by atoms with Crippen molar-refractivity contribution in [1.82, 2.24) is 0 Å². The van der Waals surface area contributed by atoms with Gasteiger partial charge in [-0.2, -0.15) is 0 Å². The van der Waals surface area contributed by atoms with E-state index in [9.17, 15) is 9.90 Å². The van der Waals surface area contributed by atoms with Crippen molar-refractivity contribution in [3.8, 4) is 0 Å². The quantitative estimate of drug-likeness (QED) is 0.607. The Morgan fingerprint density at radius 3 is 2.73 bits per heavy atom. The molecule has 0 aromatic heterocycles. The van der Waals surface area contributed by atoms with Crippen molar-refractivity contribution in [3.63, 3.8) is 0 Å². The van der Waals surface area contributed by atoms with Crippen LogP contribution in [-0.2, 0) is 14.3 Å².